The van der Waals surface area contributed by atoms with E-state index in [1.165, 1.54) is 5.56 Å². The average molecular weight is 284 g/mol. The zero-order chi connectivity index (χ0) is 15.2. The zero-order valence-electron chi connectivity index (χ0n) is 12.7. The molecule has 21 heavy (non-hydrogen) atoms. The number of hydrogen-bond donors (Lipinski definition) is 0. The van der Waals surface area contributed by atoms with Crippen molar-refractivity contribution < 1.29 is 9.53 Å². The molecule has 0 aliphatic heterocycles. The molecule has 1 aromatic heterocycles. The largest absolute Gasteiger partial charge is 0.496 e. The minimum Gasteiger partial charge on any atom is -0.496 e. The molecule has 0 saturated carbocycles. The zero-order valence-corrected chi connectivity index (χ0v) is 12.7. The highest BCUT2D eigenvalue weighted by atomic mass is 16.5. The third-order valence-electron chi connectivity index (χ3n) is 3.47. The fourth-order valence-electron chi connectivity index (χ4n) is 2.33. The highest BCUT2D eigenvalue weighted by molar-refractivity contribution is 6.02. The lowest BCUT2D eigenvalue weighted by atomic mass is 10.1. The second-order valence-corrected chi connectivity index (χ2v) is 4.94. The number of hydrogen-bond acceptors (Lipinski definition) is 4. The molecule has 2 aromatic rings. The predicted molar refractivity (Wildman–Crippen MR) is 84.2 cm³/mol. The van der Waals surface area contributed by atoms with Crippen molar-refractivity contribution in [3.63, 3.8) is 0 Å². The van der Waals surface area contributed by atoms with Crippen LogP contribution in [-0.4, -0.2) is 31.5 Å². The molecule has 0 bridgehead atoms. The standard InChI is InChI=1S/C17H20N2O2/c1-13(20)17-15(5-4-6-16(17)21-3)19(2)12-9-14-7-10-18-11-8-14/h4-8,10-11H,9,12H2,1-3H3. The number of ether oxygens (including phenoxy) is 1. The van der Waals surface area contributed by atoms with Crippen LogP contribution in [0.3, 0.4) is 0 Å². The van der Waals surface area contributed by atoms with Gasteiger partial charge in [-0.05, 0) is 43.2 Å². The van der Waals surface area contributed by atoms with Gasteiger partial charge in [0.15, 0.2) is 5.78 Å². The van der Waals surface area contributed by atoms with E-state index in [1.807, 2.05) is 37.4 Å². The third kappa shape index (κ3) is 3.60. The van der Waals surface area contributed by atoms with E-state index in [4.69, 9.17) is 4.74 Å². The summed E-state index contributed by atoms with van der Waals surface area (Å²) in [6.07, 6.45) is 4.48. The van der Waals surface area contributed by atoms with Crippen molar-refractivity contribution in [3.05, 3.63) is 53.9 Å². The molecule has 110 valence electrons. The summed E-state index contributed by atoms with van der Waals surface area (Å²) >= 11 is 0. The molecular weight excluding hydrogens is 264 g/mol. The Bertz CT molecular complexity index is 611. The molecule has 0 spiro atoms. The predicted octanol–water partition coefficient (Wildman–Crippen LogP) is 2.97. The van der Waals surface area contributed by atoms with Gasteiger partial charge in [-0.25, -0.2) is 0 Å². The summed E-state index contributed by atoms with van der Waals surface area (Å²) in [6, 6.07) is 9.68. The number of carbonyl (C=O) groups excluding carboxylic acids is 1. The van der Waals surface area contributed by atoms with Gasteiger partial charge in [0, 0.05) is 26.0 Å². The first-order valence-electron chi connectivity index (χ1n) is 6.91. The van der Waals surface area contributed by atoms with E-state index >= 15 is 0 Å². The van der Waals surface area contributed by atoms with Crippen LogP contribution in [0.1, 0.15) is 22.8 Å². The number of carbonyl (C=O) groups is 1. The number of rotatable bonds is 6. The summed E-state index contributed by atoms with van der Waals surface area (Å²) in [5, 5.41) is 0. The Morgan fingerprint density at radius 3 is 2.57 bits per heavy atom. The Labute approximate surface area is 125 Å². The lowest BCUT2D eigenvalue weighted by molar-refractivity contribution is 0.101. The number of Topliss-reactive ketones (excluding diaryl/α,β-unsaturated/α-hetero) is 1. The molecule has 0 unspecified atom stereocenters. The lowest BCUT2D eigenvalue weighted by Crippen LogP contribution is -2.22. The van der Waals surface area contributed by atoms with Crippen molar-refractivity contribution in [1.82, 2.24) is 4.98 Å². The van der Waals surface area contributed by atoms with Crippen LogP contribution >= 0.6 is 0 Å². The summed E-state index contributed by atoms with van der Waals surface area (Å²) in [4.78, 5) is 18.0. The summed E-state index contributed by atoms with van der Waals surface area (Å²) in [7, 11) is 3.57. The molecular formula is C17H20N2O2. The van der Waals surface area contributed by atoms with Crippen molar-refractivity contribution >= 4 is 11.5 Å². The second kappa shape index (κ2) is 6.88. The van der Waals surface area contributed by atoms with Crippen LogP contribution in [0.5, 0.6) is 5.75 Å². The number of pyridine rings is 1. The molecule has 2 rings (SSSR count). The van der Waals surface area contributed by atoms with Gasteiger partial charge in [-0.1, -0.05) is 6.07 Å². The molecule has 0 atom stereocenters. The van der Waals surface area contributed by atoms with E-state index in [1.54, 1.807) is 26.4 Å². The second-order valence-electron chi connectivity index (χ2n) is 4.94. The van der Waals surface area contributed by atoms with E-state index in [-0.39, 0.29) is 5.78 Å². The molecule has 1 aromatic carbocycles. The number of nitrogens with zero attached hydrogens (tertiary/aromatic N) is 2. The van der Waals surface area contributed by atoms with Gasteiger partial charge >= 0.3 is 0 Å². The quantitative estimate of drug-likeness (QED) is 0.765. The number of aromatic nitrogens is 1. The van der Waals surface area contributed by atoms with Crippen LogP contribution in [0, 0.1) is 0 Å². The monoisotopic (exact) mass is 284 g/mol. The topological polar surface area (TPSA) is 42.4 Å². The smallest absolute Gasteiger partial charge is 0.165 e. The minimum absolute atomic E-state index is 0.0122. The molecule has 4 nitrogen and oxygen atoms in total. The Balaban J connectivity index is 2.19. The summed E-state index contributed by atoms with van der Waals surface area (Å²) in [5.74, 6) is 0.633. The van der Waals surface area contributed by atoms with Crippen LogP contribution < -0.4 is 9.64 Å². The molecule has 4 heteroatoms. The minimum atomic E-state index is 0.0122. The van der Waals surface area contributed by atoms with Crippen molar-refractivity contribution in [2.24, 2.45) is 0 Å². The van der Waals surface area contributed by atoms with Crippen LogP contribution in [0.2, 0.25) is 0 Å². The van der Waals surface area contributed by atoms with Crippen LogP contribution in [0.15, 0.2) is 42.7 Å². The normalized spacial score (nSPS) is 10.2. The highest BCUT2D eigenvalue weighted by Gasteiger charge is 2.16. The first kappa shape index (κ1) is 15.0. The van der Waals surface area contributed by atoms with Crippen molar-refractivity contribution in [3.8, 4) is 5.75 Å². The van der Waals surface area contributed by atoms with Gasteiger partial charge in [-0.2, -0.15) is 0 Å². The summed E-state index contributed by atoms with van der Waals surface area (Å²) in [6.45, 7) is 2.38. The van der Waals surface area contributed by atoms with Crippen LogP contribution in [0.4, 0.5) is 5.69 Å². The third-order valence-corrected chi connectivity index (χ3v) is 3.47. The fourth-order valence-corrected chi connectivity index (χ4v) is 2.33. The summed E-state index contributed by atoms with van der Waals surface area (Å²) in [5.41, 5.74) is 2.76. The molecule has 0 amide bonds. The lowest BCUT2D eigenvalue weighted by Gasteiger charge is -2.23. The van der Waals surface area contributed by atoms with E-state index in [0.29, 0.717) is 11.3 Å². The number of ketones is 1. The maximum Gasteiger partial charge on any atom is 0.165 e. The first-order chi connectivity index (χ1) is 10.1. The Kier molecular flexibility index (Phi) is 4.93. The van der Waals surface area contributed by atoms with Crippen molar-refractivity contribution in [2.45, 2.75) is 13.3 Å². The maximum atomic E-state index is 11.9. The van der Waals surface area contributed by atoms with Crippen LogP contribution in [0.25, 0.3) is 0 Å². The number of likely N-dealkylation sites (N-methyl/N-ethyl adjacent to an activating group) is 1. The first-order valence-corrected chi connectivity index (χ1v) is 6.91. The molecule has 0 saturated heterocycles. The Hall–Kier alpha value is -2.36. The number of methoxy groups -OCH3 is 1. The Morgan fingerprint density at radius 1 is 1.24 bits per heavy atom. The molecule has 0 aliphatic carbocycles. The SMILES string of the molecule is COc1cccc(N(C)CCc2ccncc2)c1C(C)=O. The molecule has 0 radical (unpaired) electrons. The summed E-state index contributed by atoms with van der Waals surface area (Å²) < 4.78 is 5.30. The van der Waals surface area contributed by atoms with Gasteiger partial charge in [0.2, 0.25) is 0 Å². The van der Waals surface area contributed by atoms with E-state index < -0.39 is 0 Å². The fraction of sp³-hybridized carbons (Fsp3) is 0.294. The molecule has 0 N–H and O–H groups in total. The van der Waals surface area contributed by atoms with Gasteiger partial charge in [-0.15, -0.1) is 0 Å². The number of anilines is 1. The van der Waals surface area contributed by atoms with Gasteiger partial charge in [0.1, 0.15) is 5.75 Å². The average Bonchev–Trinajstić information content (AvgIpc) is 2.52. The van der Waals surface area contributed by atoms with Crippen LogP contribution in [-0.2, 0) is 6.42 Å². The Morgan fingerprint density at radius 2 is 1.95 bits per heavy atom. The molecule has 0 fully saturated rings. The van der Waals surface area contributed by atoms with Crippen molar-refractivity contribution in [2.75, 3.05) is 25.6 Å². The van der Waals surface area contributed by atoms with E-state index in [0.717, 1.165) is 18.7 Å². The van der Waals surface area contributed by atoms with Gasteiger partial charge in [0.25, 0.3) is 0 Å². The molecule has 0 aliphatic rings. The highest BCUT2D eigenvalue weighted by Crippen LogP contribution is 2.29. The maximum absolute atomic E-state index is 11.9. The van der Waals surface area contributed by atoms with Gasteiger partial charge < -0.3 is 9.64 Å². The number of benzene rings is 1. The molecule has 1 heterocycles. The van der Waals surface area contributed by atoms with E-state index in [9.17, 15) is 4.79 Å². The van der Waals surface area contributed by atoms with E-state index in [2.05, 4.69) is 9.88 Å². The van der Waals surface area contributed by atoms with Crippen molar-refractivity contribution in [1.29, 1.82) is 0 Å². The van der Waals surface area contributed by atoms with Gasteiger partial charge in [0.05, 0.1) is 18.4 Å². The van der Waals surface area contributed by atoms with Gasteiger partial charge in [-0.3, -0.25) is 9.78 Å².